The van der Waals surface area contributed by atoms with Crippen LogP contribution in [0.5, 0.6) is 5.75 Å². The summed E-state index contributed by atoms with van der Waals surface area (Å²) in [7, 11) is 1.59. The highest BCUT2D eigenvalue weighted by Crippen LogP contribution is 2.24. The summed E-state index contributed by atoms with van der Waals surface area (Å²) in [5.41, 5.74) is 1.08. The van der Waals surface area contributed by atoms with Crippen LogP contribution >= 0.6 is 11.6 Å². The first-order valence-electron chi connectivity index (χ1n) is 5.10. The maximum Gasteiger partial charge on any atom is 0.137 e. The molecule has 0 heterocycles. The average molecular weight is 239 g/mol. The van der Waals surface area contributed by atoms with Crippen molar-refractivity contribution in [3.8, 4) is 11.8 Å². The van der Waals surface area contributed by atoms with Gasteiger partial charge in [0.25, 0.3) is 0 Å². The number of ether oxygens (including phenoxy) is 1. The molecule has 0 radical (unpaired) electrons. The van der Waals surface area contributed by atoms with Gasteiger partial charge in [-0.3, -0.25) is 0 Å². The standard InChI is InChI=1S/C12H15ClN2O/c1-9(5-6-14)15-8-10-3-4-12(16-2)11(13)7-10/h3-4,7,9,15H,5,8H2,1-2H3. The van der Waals surface area contributed by atoms with Crippen molar-refractivity contribution in [2.45, 2.75) is 25.9 Å². The van der Waals surface area contributed by atoms with Gasteiger partial charge in [0.05, 0.1) is 24.6 Å². The minimum Gasteiger partial charge on any atom is -0.495 e. The lowest BCUT2D eigenvalue weighted by Crippen LogP contribution is -2.24. The van der Waals surface area contributed by atoms with Crippen LogP contribution in [-0.2, 0) is 6.54 Å². The van der Waals surface area contributed by atoms with Gasteiger partial charge in [0.15, 0.2) is 0 Å². The Bertz CT molecular complexity index is 387. The molecule has 1 rings (SSSR count). The number of benzene rings is 1. The fraction of sp³-hybridized carbons (Fsp3) is 0.417. The minimum absolute atomic E-state index is 0.186. The third-order valence-corrected chi connectivity index (χ3v) is 2.56. The van der Waals surface area contributed by atoms with E-state index in [9.17, 15) is 0 Å². The lowest BCUT2D eigenvalue weighted by atomic mass is 10.2. The van der Waals surface area contributed by atoms with E-state index in [1.807, 2.05) is 25.1 Å². The monoisotopic (exact) mass is 238 g/mol. The number of rotatable bonds is 5. The predicted octanol–water partition coefficient (Wildman–Crippen LogP) is 2.74. The van der Waals surface area contributed by atoms with Crippen molar-refractivity contribution in [3.63, 3.8) is 0 Å². The Kier molecular flexibility index (Phi) is 5.10. The topological polar surface area (TPSA) is 45.0 Å². The fourth-order valence-electron chi connectivity index (χ4n) is 1.32. The Labute approximate surface area is 101 Å². The minimum atomic E-state index is 0.186. The fourth-order valence-corrected chi connectivity index (χ4v) is 1.60. The molecule has 0 fully saturated rings. The van der Waals surface area contributed by atoms with Crippen LogP contribution in [0, 0.1) is 11.3 Å². The summed E-state index contributed by atoms with van der Waals surface area (Å²) in [6.45, 7) is 2.68. The molecule has 0 aliphatic heterocycles. The molecule has 0 amide bonds. The van der Waals surface area contributed by atoms with Crippen LogP contribution in [0.15, 0.2) is 18.2 Å². The third-order valence-electron chi connectivity index (χ3n) is 2.27. The van der Waals surface area contributed by atoms with Crippen molar-refractivity contribution in [3.05, 3.63) is 28.8 Å². The van der Waals surface area contributed by atoms with E-state index in [0.717, 1.165) is 5.56 Å². The highest BCUT2D eigenvalue weighted by atomic mass is 35.5. The molecule has 1 unspecified atom stereocenters. The number of nitriles is 1. The Morgan fingerprint density at radius 1 is 1.56 bits per heavy atom. The van der Waals surface area contributed by atoms with Gasteiger partial charge >= 0.3 is 0 Å². The van der Waals surface area contributed by atoms with Gasteiger partial charge in [-0.25, -0.2) is 0 Å². The summed E-state index contributed by atoms with van der Waals surface area (Å²) in [5.74, 6) is 0.676. The van der Waals surface area contributed by atoms with E-state index < -0.39 is 0 Å². The van der Waals surface area contributed by atoms with E-state index in [1.165, 1.54) is 0 Å². The zero-order chi connectivity index (χ0) is 12.0. The lowest BCUT2D eigenvalue weighted by molar-refractivity contribution is 0.414. The first-order chi connectivity index (χ1) is 7.67. The number of hydrogen-bond acceptors (Lipinski definition) is 3. The van der Waals surface area contributed by atoms with Crippen molar-refractivity contribution >= 4 is 11.6 Å². The van der Waals surface area contributed by atoms with Crippen LogP contribution in [0.2, 0.25) is 5.02 Å². The first kappa shape index (κ1) is 12.8. The number of nitrogens with zero attached hydrogens (tertiary/aromatic N) is 1. The molecule has 1 aromatic carbocycles. The van der Waals surface area contributed by atoms with Gasteiger partial charge in [-0.05, 0) is 24.6 Å². The van der Waals surface area contributed by atoms with Gasteiger partial charge in [-0.15, -0.1) is 0 Å². The molecule has 4 heteroatoms. The smallest absolute Gasteiger partial charge is 0.137 e. The number of halogens is 1. The number of hydrogen-bond donors (Lipinski definition) is 1. The zero-order valence-electron chi connectivity index (χ0n) is 9.46. The van der Waals surface area contributed by atoms with Gasteiger partial charge in [0.2, 0.25) is 0 Å². The van der Waals surface area contributed by atoms with E-state index in [-0.39, 0.29) is 6.04 Å². The Hall–Kier alpha value is -1.24. The quantitative estimate of drug-likeness (QED) is 0.858. The Morgan fingerprint density at radius 2 is 2.31 bits per heavy atom. The second-order valence-corrected chi connectivity index (χ2v) is 4.02. The second-order valence-electron chi connectivity index (χ2n) is 3.61. The van der Waals surface area contributed by atoms with Crippen molar-refractivity contribution in [2.24, 2.45) is 0 Å². The molecule has 1 atom stereocenters. The van der Waals surface area contributed by atoms with Crippen molar-refractivity contribution in [1.29, 1.82) is 5.26 Å². The van der Waals surface area contributed by atoms with Gasteiger partial charge in [-0.1, -0.05) is 17.7 Å². The summed E-state index contributed by atoms with van der Waals surface area (Å²) in [6, 6.07) is 7.98. The lowest BCUT2D eigenvalue weighted by Gasteiger charge is -2.11. The zero-order valence-corrected chi connectivity index (χ0v) is 10.2. The van der Waals surface area contributed by atoms with E-state index >= 15 is 0 Å². The summed E-state index contributed by atoms with van der Waals surface area (Å²) in [4.78, 5) is 0. The molecule has 3 nitrogen and oxygen atoms in total. The van der Waals surface area contributed by atoms with Crippen LogP contribution in [0.1, 0.15) is 18.9 Å². The SMILES string of the molecule is COc1ccc(CNC(C)CC#N)cc1Cl. The highest BCUT2D eigenvalue weighted by Gasteiger charge is 2.03. The molecule has 0 bridgehead atoms. The Balaban J connectivity index is 2.55. The normalized spacial score (nSPS) is 11.9. The van der Waals surface area contributed by atoms with Gasteiger partial charge in [-0.2, -0.15) is 5.26 Å². The van der Waals surface area contributed by atoms with E-state index in [4.69, 9.17) is 21.6 Å². The van der Waals surface area contributed by atoms with Crippen LogP contribution < -0.4 is 10.1 Å². The molecule has 0 spiro atoms. The van der Waals surface area contributed by atoms with Crippen molar-refractivity contribution in [2.75, 3.05) is 7.11 Å². The summed E-state index contributed by atoms with van der Waals surface area (Å²) in [6.07, 6.45) is 0.504. The Morgan fingerprint density at radius 3 is 2.88 bits per heavy atom. The van der Waals surface area contributed by atoms with Crippen LogP contribution in [0.3, 0.4) is 0 Å². The molecule has 0 saturated carbocycles. The summed E-state index contributed by atoms with van der Waals surface area (Å²) in [5, 5.41) is 12.4. The molecular weight excluding hydrogens is 224 g/mol. The van der Waals surface area contributed by atoms with Crippen LogP contribution in [-0.4, -0.2) is 13.2 Å². The van der Waals surface area contributed by atoms with Crippen molar-refractivity contribution < 1.29 is 4.74 Å². The second kappa shape index (κ2) is 6.37. The van der Waals surface area contributed by atoms with Crippen LogP contribution in [0.25, 0.3) is 0 Å². The van der Waals surface area contributed by atoms with E-state index in [0.29, 0.717) is 23.7 Å². The van der Waals surface area contributed by atoms with Crippen molar-refractivity contribution in [1.82, 2.24) is 5.32 Å². The van der Waals surface area contributed by atoms with Gasteiger partial charge in [0.1, 0.15) is 5.75 Å². The highest BCUT2D eigenvalue weighted by molar-refractivity contribution is 6.32. The molecule has 0 saturated heterocycles. The van der Waals surface area contributed by atoms with Gasteiger partial charge < -0.3 is 10.1 Å². The van der Waals surface area contributed by atoms with E-state index in [2.05, 4.69) is 11.4 Å². The maximum absolute atomic E-state index is 8.52. The third kappa shape index (κ3) is 3.73. The molecule has 86 valence electrons. The number of methoxy groups -OCH3 is 1. The summed E-state index contributed by atoms with van der Waals surface area (Å²) >= 11 is 6.00. The molecule has 1 N–H and O–H groups in total. The predicted molar refractivity (Wildman–Crippen MR) is 64.5 cm³/mol. The molecule has 1 aromatic rings. The maximum atomic E-state index is 8.52. The molecule has 0 aromatic heterocycles. The average Bonchev–Trinajstić information content (AvgIpc) is 2.27. The summed E-state index contributed by atoms with van der Waals surface area (Å²) < 4.78 is 5.07. The molecule has 0 aliphatic rings. The number of nitrogens with one attached hydrogen (secondary N) is 1. The molecule has 0 aliphatic carbocycles. The molecule has 16 heavy (non-hydrogen) atoms. The van der Waals surface area contributed by atoms with Gasteiger partial charge in [0, 0.05) is 12.6 Å². The first-order valence-corrected chi connectivity index (χ1v) is 5.48. The van der Waals surface area contributed by atoms with Crippen LogP contribution in [0.4, 0.5) is 0 Å². The largest absolute Gasteiger partial charge is 0.495 e. The molecular formula is C12H15ClN2O. The van der Waals surface area contributed by atoms with E-state index in [1.54, 1.807) is 7.11 Å².